The van der Waals surface area contributed by atoms with E-state index in [2.05, 4.69) is 19.0 Å². The number of carbonyl (C=O) groups is 1. The van der Waals surface area contributed by atoms with Gasteiger partial charge in [0.05, 0.1) is 0 Å². The molecule has 0 aromatic heterocycles. The number of hydrogen-bond acceptors (Lipinski definition) is 3. The molecule has 2 rings (SSSR count). The van der Waals surface area contributed by atoms with Crippen molar-refractivity contribution < 1.29 is 4.79 Å². The Balaban J connectivity index is 0.00000200. The molecule has 1 heterocycles. The Hall–Kier alpha value is -1.10. The molecule has 2 unspecified atom stereocenters. The van der Waals surface area contributed by atoms with Gasteiger partial charge in [0.1, 0.15) is 0 Å². The molecule has 2 N–H and O–H groups in total. The summed E-state index contributed by atoms with van der Waals surface area (Å²) in [5.74, 6) is 0.167. The van der Waals surface area contributed by atoms with Gasteiger partial charge in [-0.2, -0.15) is 0 Å². The minimum absolute atomic E-state index is 0. The van der Waals surface area contributed by atoms with Crippen molar-refractivity contribution in [2.24, 2.45) is 5.73 Å². The predicted octanol–water partition coefficient (Wildman–Crippen LogP) is 1.66. The van der Waals surface area contributed by atoms with E-state index in [-0.39, 0.29) is 24.4 Å². The van der Waals surface area contributed by atoms with Gasteiger partial charge in [-0.15, -0.1) is 12.4 Å². The van der Waals surface area contributed by atoms with Crippen LogP contribution in [-0.4, -0.2) is 48.9 Å². The summed E-state index contributed by atoms with van der Waals surface area (Å²) in [6.45, 7) is 1.68. The highest BCUT2D eigenvalue weighted by Gasteiger charge is 2.28. The number of likely N-dealkylation sites (N-methyl/N-ethyl adjacent to an activating group) is 1. The van der Waals surface area contributed by atoms with Crippen molar-refractivity contribution in [3.63, 3.8) is 0 Å². The summed E-state index contributed by atoms with van der Waals surface area (Å²) in [5.41, 5.74) is 7.13. The second-order valence-corrected chi connectivity index (χ2v) is 5.47. The summed E-state index contributed by atoms with van der Waals surface area (Å²) in [5, 5.41) is 0. The zero-order valence-electron chi connectivity index (χ0n) is 12.2. The van der Waals surface area contributed by atoms with E-state index in [1.807, 2.05) is 35.2 Å². The molecule has 0 aliphatic carbocycles. The first-order chi connectivity index (χ1) is 9.08. The molecule has 1 amide bonds. The third kappa shape index (κ3) is 4.20. The number of benzene rings is 1. The summed E-state index contributed by atoms with van der Waals surface area (Å²) in [4.78, 5) is 16.3. The van der Waals surface area contributed by atoms with E-state index in [0.717, 1.165) is 25.1 Å². The Labute approximate surface area is 127 Å². The largest absolute Gasteiger partial charge is 0.341 e. The Morgan fingerprint density at radius 3 is 2.60 bits per heavy atom. The van der Waals surface area contributed by atoms with Gasteiger partial charge in [-0.25, -0.2) is 0 Å². The number of amides is 1. The molecule has 1 fully saturated rings. The van der Waals surface area contributed by atoms with E-state index in [4.69, 9.17) is 5.73 Å². The molecule has 4 nitrogen and oxygen atoms in total. The molecule has 1 saturated heterocycles. The maximum Gasteiger partial charge on any atom is 0.224 e. The summed E-state index contributed by atoms with van der Waals surface area (Å²) in [6.07, 6.45) is 1.45. The van der Waals surface area contributed by atoms with E-state index >= 15 is 0 Å². The lowest BCUT2D eigenvalue weighted by atomic mass is 10.0. The minimum atomic E-state index is -0.202. The van der Waals surface area contributed by atoms with Gasteiger partial charge in [-0.1, -0.05) is 30.3 Å². The van der Waals surface area contributed by atoms with Gasteiger partial charge in [-0.05, 0) is 26.1 Å². The molecule has 1 aromatic rings. The van der Waals surface area contributed by atoms with Crippen LogP contribution in [0.2, 0.25) is 0 Å². The van der Waals surface area contributed by atoms with Crippen molar-refractivity contribution in [1.82, 2.24) is 9.80 Å². The van der Waals surface area contributed by atoms with Crippen LogP contribution in [0.25, 0.3) is 0 Å². The van der Waals surface area contributed by atoms with Gasteiger partial charge in [0.25, 0.3) is 0 Å². The second-order valence-electron chi connectivity index (χ2n) is 5.47. The zero-order chi connectivity index (χ0) is 13.8. The Morgan fingerprint density at radius 2 is 2.05 bits per heavy atom. The lowest BCUT2D eigenvalue weighted by Gasteiger charge is -2.21. The van der Waals surface area contributed by atoms with Gasteiger partial charge in [0, 0.05) is 31.6 Å². The smallest absolute Gasteiger partial charge is 0.224 e. The molecule has 1 aliphatic rings. The van der Waals surface area contributed by atoms with Crippen molar-refractivity contribution in [3.8, 4) is 0 Å². The monoisotopic (exact) mass is 297 g/mol. The fourth-order valence-corrected chi connectivity index (χ4v) is 2.53. The highest BCUT2D eigenvalue weighted by molar-refractivity contribution is 5.85. The van der Waals surface area contributed by atoms with Gasteiger partial charge >= 0.3 is 0 Å². The van der Waals surface area contributed by atoms with Crippen LogP contribution >= 0.6 is 12.4 Å². The number of hydrogen-bond donors (Lipinski definition) is 1. The molecule has 20 heavy (non-hydrogen) atoms. The van der Waals surface area contributed by atoms with Gasteiger partial charge < -0.3 is 15.5 Å². The van der Waals surface area contributed by atoms with Crippen LogP contribution in [0.3, 0.4) is 0 Å². The fraction of sp³-hybridized carbons (Fsp3) is 0.533. The molecule has 1 aromatic carbocycles. The fourth-order valence-electron chi connectivity index (χ4n) is 2.53. The molecule has 0 radical (unpaired) electrons. The van der Waals surface area contributed by atoms with Crippen molar-refractivity contribution in [2.45, 2.75) is 24.9 Å². The van der Waals surface area contributed by atoms with Gasteiger partial charge in [-0.3, -0.25) is 4.79 Å². The number of rotatable bonds is 4. The minimum Gasteiger partial charge on any atom is -0.341 e. The van der Waals surface area contributed by atoms with Crippen molar-refractivity contribution in [1.29, 1.82) is 0 Å². The van der Waals surface area contributed by atoms with Crippen LogP contribution < -0.4 is 5.73 Å². The van der Waals surface area contributed by atoms with E-state index in [1.165, 1.54) is 0 Å². The van der Waals surface area contributed by atoms with Crippen molar-refractivity contribution in [3.05, 3.63) is 35.9 Å². The third-order valence-electron chi connectivity index (χ3n) is 3.87. The normalized spacial score (nSPS) is 19.8. The van der Waals surface area contributed by atoms with E-state index in [0.29, 0.717) is 12.5 Å². The number of nitrogens with two attached hydrogens (primary N) is 1. The second kappa shape index (κ2) is 7.62. The topological polar surface area (TPSA) is 49.6 Å². The molecular weight excluding hydrogens is 274 g/mol. The summed E-state index contributed by atoms with van der Waals surface area (Å²) >= 11 is 0. The Morgan fingerprint density at radius 1 is 1.40 bits per heavy atom. The third-order valence-corrected chi connectivity index (χ3v) is 3.87. The first-order valence-corrected chi connectivity index (χ1v) is 6.82. The lowest BCUT2D eigenvalue weighted by molar-refractivity contribution is -0.130. The van der Waals surface area contributed by atoms with Crippen molar-refractivity contribution >= 4 is 18.3 Å². The average Bonchev–Trinajstić information content (AvgIpc) is 2.89. The zero-order valence-corrected chi connectivity index (χ0v) is 13.0. The number of nitrogens with zero attached hydrogens (tertiary/aromatic N) is 2. The van der Waals surface area contributed by atoms with Crippen LogP contribution in [0.4, 0.5) is 0 Å². The average molecular weight is 298 g/mol. The first kappa shape index (κ1) is 17.0. The molecule has 2 atom stereocenters. The molecule has 0 spiro atoms. The molecule has 0 bridgehead atoms. The quantitative estimate of drug-likeness (QED) is 0.919. The summed E-state index contributed by atoms with van der Waals surface area (Å²) in [7, 11) is 4.13. The lowest BCUT2D eigenvalue weighted by Crippen LogP contribution is -2.35. The van der Waals surface area contributed by atoms with Gasteiger partial charge in [0.15, 0.2) is 0 Å². The van der Waals surface area contributed by atoms with Crippen molar-refractivity contribution in [2.75, 3.05) is 27.2 Å². The van der Waals surface area contributed by atoms with E-state index < -0.39 is 0 Å². The maximum atomic E-state index is 12.2. The standard InChI is InChI=1S/C15H23N3O.ClH/c1-17(2)13-8-9-18(11-13)15(19)10-14(16)12-6-4-3-5-7-12;/h3-7,13-14H,8-11,16H2,1-2H3;1H. The highest BCUT2D eigenvalue weighted by atomic mass is 35.5. The number of carbonyl (C=O) groups excluding carboxylic acids is 1. The van der Waals surface area contributed by atoms with Gasteiger partial charge in [0.2, 0.25) is 5.91 Å². The molecule has 0 saturated carbocycles. The number of likely N-dealkylation sites (tertiary alicyclic amines) is 1. The summed E-state index contributed by atoms with van der Waals surface area (Å²) < 4.78 is 0. The molecular formula is C15H24ClN3O. The van der Waals surface area contributed by atoms with Crippen LogP contribution in [0.15, 0.2) is 30.3 Å². The van der Waals surface area contributed by atoms with Crippen LogP contribution in [-0.2, 0) is 4.79 Å². The van der Waals surface area contributed by atoms with Crippen LogP contribution in [0.5, 0.6) is 0 Å². The Bertz CT molecular complexity index is 424. The van der Waals surface area contributed by atoms with Crippen LogP contribution in [0.1, 0.15) is 24.4 Å². The van der Waals surface area contributed by atoms with Crippen LogP contribution in [0, 0.1) is 0 Å². The maximum absolute atomic E-state index is 12.2. The highest BCUT2D eigenvalue weighted by Crippen LogP contribution is 2.18. The first-order valence-electron chi connectivity index (χ1n) is 6.82. The predicted molar refractivity (Wildman–Crippen MR) is 83.9 cm³/mol. The van der Waals surface area contributed by atoms with E-state index in [9.17, 15) is 4.79 Å². The van der Waals surface area contributed by atoms with E-state index in [1.54, 1.807) is 0 Å². The summed E-state index contributed by atoms with van der Waals surface area (Å²) in [6, 6.07) is 10.1. The molecule has 1 aliphatic heterocycles. The SMILES string of the molecule is CN(C)C1CCN(C(=O)CC(N)c2ccccc2)C1.Cl. The number of halogens is 1. The molecule has 5 heteroatoms. The Kier molecular flexibility index (Phi) is 6.46. The molecule has 112 valence electrons.